The average Bonchev–Trinajstić information content (AvgIpc) is 3.16. The minimum atomic E-state index is -0.651. The number of esters is 4. The Kier molecular flexibility index (Phi) is 12.3. The quantitative estimate of drug-likeness (QED) is 0.0820. The number of methoxy groups -OCH3 is 2. The fourth-order valence-corrected chi connectivity index (χ4v) is 4.96. The van der Waals surface area contributed by atoms with Crippen molar-refractivity contribution in [3.8, 4) is 46.0 Å². The van der Waals surface area contributed by atoms with Gasteiger partial charge in [-0.25, -0.2) is 19.2 Å². The molecular formula is C41H36O12. The first-order valence-corrected chi connectivity index (χ1v) is 16.4. The third-order valence-corrected chi connectivity index (χ3v) is 7.57. The Hall–Kier alpha value is -6.82. The highest BCUT2D eigenvalue weighted by atomic mass is 16.6. The summed E-state index contributed by atoms with van der Waals surface area (Å²) in [5.41, 5.74) is 1.38. The molecule has 0 radical (unpaired) electrons. The van der Waals surface area contributed by atoms with E-state index in [4.69, 9.17) is 37.9 Å². The molecule has 0 heterocycles. The summed E-state index contributed by atoms with van der Waals surface area (Å²) in [4.78, 5) is 51.3. The van der Waals surface area contributed by atoms with Gasteiger partial charge in [-0.2, -0.15) is 0 Å². The summed E-state index contributed by atoms with van der Waals surface area (Å²) in [5.74, 6) is 0.0353. The Bertz CT molecular complexity index is 2100. The highest BCUT2D eigenvalue weighted by molar-refractivity contribution is 5.96. The van der Waals surface area contributed by atoms with Gasteiger partial charge in [-0.05, 0) is 117 Å². The van der Waals surface area contributed by atoms with Crippen molar-refractivity contribution in [2.24, 2.45) is 0 Å². The number of hydrogen-bond donors (Lipinski definition) is 0. The van der Waals surface area contributed by atoms with Crippen LogP contribution in [0.5, 0.6) is 46.0 Å². The van der Waals surface area contributed by atoms with Crippen molar-refractivity contribution in [2.75, 3.05) is 27.4 Å². The number of carbonyl (C=O) groups is 4. The molecule has 0 aliphatic heterocycles. The van der Waals surface area contributed by atoms with E-state index in [1.165, 1.54) is 74.9 Å². The van der Waals surface area contributed by atoms with E-state index in [0.29, 0.717) is 41.8 Å². The van der Waals surface area contributed by atoms with Crippen LogP contribution in [-0.2, 0) is 0 Å². The Labute approximate surface area is 305 Å². The van der Waals surface area contributed by atoms with Crippen LogP contribution in [0.3, 0.4) is 0 Å². The molecule has 0 unspecified atom stereocenters. The SMILES string of the molecule is CCOc1ccc(C(=O)Oc2ccc(C(=O)Oc3ccc(OC(=O)c4ccc(OC(=O)c5ccc(OCC)cc5OC)cc4)c(C)c3)cc2)c(OC)c1. The predicted octanol–water partition coefficient (Wildman–Crippen LogP) is 7.69. The van der Waals surface area contributed by atoms with Gasteiger partial charge in [0, 0.05) is 12.1 Å². The first kappa shape index (κ1) is 37.4. The molecule has 0 aliphatic carbocycles. The van der Waals surface area contributed by atoms with E-state index in [1.807, 2.05) is 13.8 Å². The summed E-state index contributed by atoms with van der Waals surface area (Å²) in [7, 11) is 2.88. The number of carbonyl (C=O) groups excluding carboxylic acids is 4. The molecule has 5 rings (SSSR count). The van der Waals surface area contributed by atoms with Crippen LogP contribution in [0.15, 0.2) is 103 Å². The standard InChI is InChI=1S/C41H36O12/c1-6-48-30-16-19-33(36(23-30)46-4)40(44)50-28-12-8-26(9-13-28)38(42)52-32-18-21-35(25(3)22-32)53-39(43)27-10-14-29(15-11-27)51-41(45)34-20-17-31(49-7-2)24-37(34)47-5/h8-24H,6-7H2,1-5H3. The molecule has 0 spiro atoms. The predicted molar refractivity (Wildman–Crippen MR) is 192 cm³/mol. The van der Waals surface area contributed by atoms with E-state index in [2.05, 4.69) is 0 Å². The largest absolute Gasteiger partial charge is 0.496 e. The minimum absolute atomic E-state index is 0.211. The van der Waals surface area contributed by atoms with Crippen molar-refractivity contribution >= 4 is 23.9 Å². The maximum Gasteiger partial charge on any atom is 0.347 e. The molecular weight excluding hydrogens is 684 g/mol. The van der Waals surface area contributed by atoms with Crippen LogP contribution in [0.4, 0.5) is 0 Å². The minimum Gasteiger partial charge on any atom is -0.496 e. The lowest BCUT2D eigenvalue weighted by atomic mass is 10.2. The first-order valence-electron chi connectivity index (χ1n) is 16.4. The number of benzene rings is 5. The van der Waals surface area contributed by atoms with E-state index >= 15 is 0 Å². The molecule has 0 atom stereocenters. The summed E-state index contributed by atoms with van der Waals surface area (Å²) in [6, 6.07) is 25.9. The second kappa shape index (κ2) is 17.4. The lowest BCUT2D eigenvalue weighted by Crippen LogP contribution is -2.12. The summed E-state index contributed by atoms with van der Waals surface area (Å²) < 4.78 is 43.5. The maximum absolute atomic E-state index is 12.9. The highest BCUT2D eigenvalue weighted by Crippen LogP contribution is 2.29. The van der Waals surface area contributed by atoms with Gasteiger partial charge in [0.25, 0.3) is 0 Å². The topological polar surface area (TPSA) is 142 Å². The monoisotopic (exact) mass is 720 g/mol. The third kappa shape index (κ3) is 9.50. The molecule has 5 aromatic rings. The molecule has 0 aliphatic rings. The van der Waals surface area contributed by atoms with E-state index < -0.39 is 23.9 Å². The molecule has 0 saturated carbocycles. The number of hydrogen-bond acceptors (Lipinski definition) is 12. The van der Waals surface area contributed by atoms with Crippen molar-refractivity contribution in [3.05, 3.63) is 131 Å². The zero-order chi connectivity index (χ0) is 37.9. The number of aryl methyl sites for hydroxylation is 1. The molecule has 0 saturated heterocycles. The molecule has 0 fully saturated rings. The van der Waals surface area contributed by atoms with Crippen LogP contribution >= 0.6 is 0 Å². The van der Waals surface area contributed by atoms with E-state index in [-0.39, 0.29) is 45.3 Å². The summed E-state index contributed by atoms with van der Waals surface area (Å²) >= 11 is 0. The van der Waals surface area contributed by atoms with Gasteiger partial charge < -0.3 is 37.9 Å². The molecule has 12 nitrogen and oxygen atoms in total. The van der Waals surface area contributed by atoms with Gasteiger partial charge in [0.15, 0.2) is 0 Å². The van der Waals surface area contributed by atoms with Gasteiger partial charge >= 0.3 is 23.9 Å². The summed E-state index contributed by atoms with van der Waals surface area (Å²) in [6.07, 6.45) is 0. The fourth-order valence-electron chi connectivity index (χ4n) is 4.96. The molecule has 272 valence electrons. The second-order valence-corrected chi connectivity index (χ2v) is 11.1. The lowest BCUT2D eigenvalue weighted by molar-refractivity contribution is 0.0714. The molecule has 0 bridgehead atoms. The van der Waals surface area contributed by atoms with E-state index in [1.54, 1.807) is 49.4 Å². The fraction of sp³-hybridized carbons (Fsp3) is 0.171. The molecule has 0 aromatic heterocycles. The van der Waals surface area contributed by atoms with Gasteiger partial charge in [0.1, 0.15) is 57.1 Å². The molecule has 53 heavy (non-hydrogen) atoms. The van der Waals surface area contributed by atoms with Crippen LogP contribution in [0.1, 0.15) is 60.8 Å². The third-order valence-electron chi connectivity index (χ3n) is 7.57. The molecule has 12 heteroatoms. The van der Waals surface area contributed by atoms with Crippen LogP contribution < -0.4 is 37.9 Å². The van der Waals surface area contributed by atoms with Crippen LogP contribution in [0, 0.1) is 6.92 Å². The van der Waals surface area contributed by atoms with E-state index in [0.717, 1.165) is 0 Å². The zero-order valence-electron chi connectivity index (χ0n) is 29.6. The molecule has 0 amide bonds. The van der Waals surface area contributed by atoms with Gasteiger partial charge in [-0.1, -0.05) is 0 Å². The maximum atomic E-state index is 12.9. The van der Waals surface area contributed by atoms with E-state index in [9.17, 15) is 19.2 Å². The Morgan fingerprint density at radius 1 is 0.434 bits per heavy atom. The van der Waals surface area contributed by atoms with Crippen molar-refractivity contribution in [3.63, 3.8) is 0 Å². The first-order chi connectivity index (χ1) is 25.6. The Balaban J connectivity index is 1.15. The molecule has 0 N–H and O–H groups in total. The normalized spacial score (nSPS) is 10.4. The van der Waals surface area contributed by atoms with Crippen LogP contribution in [0.2, 0.25) is 0 Å². The Morgan fingerprint density at radius 3 is 1.25 bits per heavy atom. The van der Waals surface area contributed by atoms with Gasteiger partial charge in [0.05, 0.1) is 38.6 Å². The lowest BCUT2D eigenvalue weighted by Gasteiger charge is -2.12. The summed E-state index contributed by atoms with van der Waals surface area (Å²) in [5, 5.41) is 0. The van der Waals surface area contributed by atoms with Gasteiger partial charge in [0.2, 0.25) is 0 Å². The molecule has 5 aromatic carbocycles. The van der Waals surface area contributed by atoms with Gasteiger partial charge in [-0.15, -0.1) is 0 Å². The van der Waals surface area contributed by atoms with Crippen molar-refractivity contribution in [2.45, 2.75) is 20.8 Å². The smallest absolute Gasteiger partial charge is 0.347 e. The zero-order valence-corrected chi connectivity index (χ0v) is 29.6. The van der Waals surface area contributed by atoms with Crippen molar-refractivity contribution < 1.29 is 57.1 Å². The van der Waals surface area contributed by atoms with Gasteiger partial charge in [-0.3, -0.25) is 0 Å². The Morgan fingerprint density at radius 2 is 0.830 bits per heavy atom. The average molecular weight is 721 g/mol. The number of ether oxygens (including phenoxy) is 8. The highest BCUT2D eigenvalue weighted by Gasteiger charge is 2.19. The van der Waals surface area contributed by atoms with Crippen molar-refractivity contribution in [1.82, 2.24) is 0 Å². The second-order valence-electron chi connectivity index (χ2n) is 11.1. The van der Waals surface area contributed by atoms with Crippen LogP contribution in [-0.4, -0.2) is 51.3 Å². The summed E-state index contributed by atoms with van der Waals surface area (Å²) in [6.45, 7) is 6.32. The van der Waals surface area contributed by atoms with Crippen molar-refractivity contribution in [1.29, 1.82) is 0 Å². The number of rotatable bonds is 14. The van der Waals surface area contributed by atoms with Crippen LogP contribution in [0.25, 0.3) is 0 Å².